The second-order valence-electron chi connectivity index (χ2n) is 3.19. The van der Waals surface area contributed by atoms with Crippen molar-refractivity contribution in [1.29, 1.82) is 0 Å². The summed E-state index contributed by atoms with van der Waals surface area (Å²) in [6.07, 6.45) is 1.90. The zero-order valence-electron chi connectivity index (χ0n) is 8.12. The molecule has 0 aliphatic carbocycles. The molecule has 0 aromatic carbocycles. The Hall–Kier alpha value is -0.420. The first-order chi connectivity index (χ1) is 5.90. The van der Waals surface area contributed by atoms with E-state index in [1.807, 2.05) is 6.92 Å². The maximum Gasteiger partial charge on any atom is 0.147 e. The largest absolute Gasteiger partial charge is 0.330 e. The van der Waals surface area contributed by atoms with Gasteiger partial charge in [0, 0.05) is 25.1 Å². The molecule has 0 aromatic rings. The average Bonchev–Trinajstić information content (AvgIpc) is 2.02. The van der Waals surface area contributed by atoms with Gasteiger partial charge in [-0.3, -0.25) is 4.79 Å². The molecule has 0 saturated heterocycles. The van der Waals surface area contributed by atoms with E-state index < -0.39 is 9.84 Å². The number of carbonyl (C=O) groups excluding carboxylic acids is 1. The van der Waals surface area contributed by atoms with Gasteiger partial charge in [0.15, 0.2) is 0 Å². The van der Waals surface area contributed by atoms with Crippen molar-refractivity contribution in [1.82, 2.24) is 0 Å². The Kier molecular flexibility index (Phi) is 5.17. The van der Waals surface area contributed by atoms with Crippen LogP contribution in [0.1, 0.15) is 19.8 Å². The summed E-state index contributed by atoms with van der Waals surface area (Å²) >= 11 is 0. The fourth-order valence-corrected chi connectivity index (χ4v) is 1.59. The molecule has 0 amide bonds. The number of rotatable bonds is 6. The lowest BCUT2D eigenvalue weighted by atomic mass is 10.00. The predicted octanol–water partition coefficient (Wildman–Crippen LogP) is -0.0249. The summed E-state index contributed by atoms with van der Waals surface area (Å²) in [5.74, 6) is -0.292. The Morgan fingerprint density at radius 1 is 1.46 bits per heavy atom. The lowest BCUT2D eigenvalue weighted by molar-refractivity contribution is -0.122. The molecule has 0 saturated carbocycles. The fourth-order valence-electron chi connectivity index (χ4n) is 1.02. The van der Waals surface area contributed by atoms with Crippen LogP contribution in [0.2, 0.25) is 0 Å². The Balaban J connectivity index is 4.01. The Morgan fingerprint density at radius 2 is 2.00 bits per heavy atom. The third kappa shape index (κ3) is 5.76. The predicted molar refractivity (Wildman–Crippen MR) is 52.2 cm³/mol. The summed E-state index contributed by atoms with van der Waals surface area (Å²) in [6.45, 7) is 2.18. The van der Waals surface area contributed by atoms with Crippen LogP contribution in [-0.2, 0) is 14.6 Å². The molecule has 0 aliphatic heterocycles. The summed E-state index contributed by atoms with van der Waals surface area (Å²) in [4.78, 5) is 11.3. The second kappa shape index (κ2) is 5.34. The molecule has 0 aromatic heterocycles. The van der Waals surface area contributed by atoms with Gasteiger partial charge in [-0.1, -0.05) is 6.92 Å². The summed E-state index contributed by atoms with van der Waals surface area (Å²) in [7, 11) is -3.03. The first-order valence-electron chi connectivity index (χ1n) is 4.31. The fraction of sp³-hybridized carbons (Fsp3) is 0.875. The monoisotopic (exact) mass is 207 g/mol. The zero-order valence-corrected chi connectivity index (χ0v) is 8.93. The molecular weight excluding hydrogens is 190 g/mol. The molecule has 4 nitrogen and oxygen atoms in total. The van der Waals surface area contributed by atoms with Crippen LogP contribution in [0, 0.1) is 5.92 Å². The van der Waals surface area contributed by atoms with Gasteiger partial charge in [0.25, 0.3) is 0 Å². The van der Waals surface area contributed by atoms with Crippen molar-refractivity contribution in [3.8, 4) is 0 Å². The van der Waals surface area contributed by atoms with E-state index in [-0.39, 0.29) is 23.9 Å². The van der Waals surface area contributed by atoms with Crippen molar-refractivity contribution in [2.24, 2.45) is 11.7 Å². The molecule has 0 fully saturated rings. The number of sulfone groups is 1. The first kappa shape index (κ1) is 12.6. The zero-order chi connectivity index (χ0) is 10.5. The Bertz CT molecular complexity index is 255. The quantitative estimate of drug-likeness (QED) is 0.663. The van der Waals surface area contributed by atoms with Crippen LogP contribution < -0.4 is 5.73 Å². The second-order valence-corrected chi connectivity index (χ2v) is 5.45. The van der Waals surface area contributed by atoms with E-state index in [4.69, 9.17) is 5.73 Å². The standard InChI is InChI=1S/C8H17NO3S/c1-3-7(6-9)8(10)4-5-13(2,11)12/h7H,3-6,9H2,1-2H3. The Morgan fingerprint density at radius 3 is 2.31 bits per heavy atom. The van der Waals surface area contributed by atoms with Crippen LogP contribution in [0.25, 0.3) is 0 Å². The SMILES string of the molecule is CCC(CN)C(=O)CCS(C)(=O)=O. The van der Waals surface area contributed by atoms with Crippen molar-refractivity contribution < 1.29 is 13.2 Å². The average molecular weight is 207 g/mol. The van der Waals surface area contributed by atoms with E-state index >= 15 is 0 Å². The van der Waals surface area contributed by atoms with Crippen molar-refractivity contribution in [3.05, 3.63) is 0 Å². The molecule has 0 heterocycles. The molecule has 0 spiro atoms. The molecule has 78 valence electrons. The molecule has 1 atom stereocenters. The molecule has 0 radical (unpaired) electrons. The highest BCUT2D eigenvalue weighted by molar-refractivity contribution is 7.90. The summed E-state index contributed by atoms with van der Waals surface area (Å²) in [6, 6.07) is 0. The van der Waals surface area contributed by atoms with Crippen LogP contribution in [-0.4, -0.2) is 32.8 Å². The molecule has 5 heteroatoms. The molecule has 1 unspecified atom stereocenters. The van der Waals surface area contributed by atoms with Crippen LogP contribution in [0.3, 0.4) is 0 Å². The van der Waals surface area contributed by atoms with Crippen LogP contribution in [0.5, 0.6) is 0 Å². The van der Waals surface area contributed by atoms with Gasteiger partial charge in [-0.2, -0.15) is 0 Å². The van der Waals surface area contributed by atoms with E-state index in [9.17, 15) is 13.2 Å². The van der Waals surface area contributed by atoms with E-state index in [0.29, 0.717) is 13.0 Å². The highest BCUT2D eigenvalue weighted by atomic mass is 32.2. The van der Waals surface area contributed by atoms with Gasteiger partial charge in [-0.15, -0.1) is 0 Å². The van der Waals surface area contributed by atoms with Crippen molar-refractivity contribution in [2.75, 3.05) is 18.6 Å². The van der Waals surface area contributed by atoms with Gasteiger partial charge in [0.05, 0.1) is 5.75 Å². The smallest absolute Gasteiger partial charge is 0.147 e. The van der Waals surface area contributed by atoms with Crippen molar-refractivity contribution in [3.63, 3.8) is 0 Å². The van der Waals surface area contributed by atoms with Gasteiger partial charge in [0.1, 0.15) is 15.6 Å². The van der Waals surface area contributed by atoms with Crippen LogP contribution in [0.4, 0.5) is 0 Å². The number of ketones is 1. The third-order valence-corrected chi connectivity index (χ3v) is 2.90. The normalized spacial score (nSPS) is 14.1. The minimum Gasteiger partial charge on any atom is -0.330 e. The lowest BCUT2D eigenvalue weighted by Crippen LogP contribution is -2.24. The maximum atomic E-state index is 11.3. The van der Waals surface area contributed by atoms with E-state index in [1.54, 1.807) is 0 Å². The third-order valence-electron chi connectivity index (χ3n) is 1.95. The highest BCUT2D eigenvalue weighted by Gasteiger charge is 2.16. The maximum absolute atomic E-state index is 11.3. The van der Waals surface area contributed by atoms with Crippen LogP contribution in [0.15, 0.2) is 0 Å². The van der Waals surface area contributed by atoms with E-state index in [0.717, 1.165) is 6.26 Å². The van der Waals surface area contributed by atoms with Gasteiger partial charge in [0.2, 0.25) is 0 Å². The van der Waals surface area contributed by atoms with Crippen molar-refractivity contribution >= 4 is 15.6 Å². The van der Waals surface area contributed by atoms with Gasteiger partial charge >= 0.3 is 0 Å². The molecule has 13 heavy (non-hydrogen) atoms. The van der Waals surface area contributed by atoms with E-state index in [2.05, 4.69) is 0 Å². The van der Waals surface area contributed by atoms with Gasteiger partial charge < -0.3 is 5.73 Å². The first-order valence-corrected chi connectivity index (χ1v) is 6.37. The molecule has 0 rings (SSSR count). The number of nitrogens with two attached hydrogens (primary N) is 1. The van der Waals surface area contributed by atoms with E-state index in [1.165, 1.54) is 0 Å². The lowest BCUT2D eigenvalue weighted by Gasteiger charge is -2.09. The molecular formula is C8H17NO3S. The molecule has 0 aliphatic rings. The summed E-state index contributed by atoms with van der Waals surface area (Å²) in [5.41, 5.74) is 5.35. The topological polar surface area (TPSA) is 77.2 Å². The Labute approximate surface area is 79.4 Å². The summed E-state index contributed by atoms with van der Waals surface area (Å²) < 4.78 is 21.5. The molecule has 0 bridgehead atoms. The minimum absolute atomic E-state index is 0.0459. The minimum atomic E-state index is -3.03. The molecule has 2 N–H and O–H groups in total. The number of carbonyl (C=O) groups is 1. The van der Waals surface area contributed by atoms with Crippen molar-refractivity contribution in [2.45, 2.75) is 19.8 Å². The van der Waals surface area contributed by atoms with Gasteiger partial charge in [-0.25, -0.2) is 8.42 Å². The van der Waals surface area contributed by atoms with Gasteiger partial charge in [-0.05, 0) is 6.42 Å². The summed E-state index contributed by atoms with van der Waals surface area (Å²) in [5, 5.41) is 0. The number of hydrogen-bond donors (Lipinski definition) is 1. The number of hydrogen-bond acceptors (Lipinski definition) is 4. The number of Topliss-reactive ketones (excluding diaryl/α,β-unsaturated/α-hetero) is 1. The van der Waals surface area contributed by atoms with Crippen LogP contribution >= 0.6 is 0 Å². The highest BCUT2D eigenvalue weighted by Crippen LogP contribution is 2.05.